The van der Waals surface area contributed by atoms with Gasteiger partial charge in [-0.15, -0.1) is 0 Å². The van der Waals surface area contributed by atoms with E-state index in [1.165, 1.54) is 30.6 Å². The summed E-state index contributed by atoms with van der Waals surface area (Å²) < 4.78 is 13.7. The zero-order chi connectivity index (χ0) is 20.8. The second-order valence-corrected chi connectivity index (χ2v) is 7.37. The quantitative estimate of drug-likeness (QED) is 0.710. The Balaban J connectivity index is 1.67. The summed E-state index contributed by atoms with van der Waals surface area (Å²) >= 11 is 0. The highest BCUT2D eigenvalue weighted by molar-refractivity contribution is 5.94. The van der Waals surface area contributed by atoms with Gasteiger partial charge in [-0.1, -0.05) is 0 Å². The molecule has 29 heavy (non-hydrogen) atoms. The number of nitrogens with one attached hydrogen (secondary N) is 2. The van der Waals surface area contributed by atoms with Gasteiger partial charge in [0.2, 0.25) is 11.7 Å². The number of pyridine rings is 1. The number of carbonyl (C=O) groups excluding carboxylic acids is 1. The predicted molar refractivity (Wildman–Crippen MR) is 103 cm³/mol. The SMILES string of the molecule is Cc1c(C2(C(=O)N[C@@H](C)c3cnc(C#N)nc3)CC2)c(=O)[nH]c2ccc(F)cc12. The van der Waals surface area contributed by atoms with E-state index < -0.39 is 17.3 Å². The summed E-state index contributed by atoms with van der Waals surface area (Å²) in [5.41, 5.74) is 0.932. The van der Waals surface area contributed by atoms with Crippen molar-refractivity contribution in [1.29, 1.82) is 5.26 Å². The Morgan fingerprint density at radius 1 is 1.34 bits per heavy atom. The number of hydrogen-bond acceptors (Lipinski definition) is 5. The molecule has 146 valence electrons. The number of H-pyrrole nitrogens is 1. The van der Waals surface area contributed by atoms with E-state index in [9.17, 15) is 14.0 Å². The summed E-state index contributed by atoms with van der Waals surface area (Å²) in [6.45, 7) is 3.53. The number of benzene rings is 1. The number of aryl methyl sites for hydroxylation is 1. The number of aromatic amines is 1. The number of aromatic nitrogens is 3. The van der Waals surface area contributed by atoms with Gasteiger partial charge in [0.05, 0.1) is 11.5 Å². The molecule has 8 heteroatoms. The van der Waals surface area contributed by atoms with Crippen molar-refractivity contribution < 1.29 is 9.18 Å². The van der Waals surface area contributed by atoms with Crippen LogP contribution in [0.1, 0.15) is 48.3 Å². The van der Waals surface area contributed by atoms with Gasteiger partial charge in [-0.05, 0) is 50.5 Å². The highest BCUT2D eigenvalue weighted by atomic mass is 19.1. The van der Waals surface area contributed by atoms with Crippen LogP contribution < -0.4 is 10.9 Å². The van der Waals surface area contributed by atoms with Crippen molar-refractivity contribution in [3.05, 3.63) is 69.3 Å². The second-order valence-electron chi connectivity index (χ2n) is 7.37. The molecule has 7 nitrogen and oxygen atoms in total. The van der Waals surface area contributed by atoms with E-state index in [0.29, 0.717) is 40.4 Å². The molecule has 1 aromatic carbocycles. The third-order valence-electron chi connectivity index (χ3n) is 5.52. The Morgan fingerprint density at radius 2 is 2.03 bits per heavy atom. The van der Waals surface area contributed by atoms with Crippen molar-refractivity contribution in [1.82, 2.24) is 20.3 Å². The fourth-order valence-electron chi connectivity index (χ4n) is 3.75. The van der Waals surface area contributed by atoms with Crippen LogP contribution in [0.2, 0.25) is 0 Å². The molecule has 0 spiro atoms. The predicted octanol–water partition coefficient (Wildman–Crippen LogP) is 2.55. The zero-order valence-corrected chi connectivity index (χ0v) is 15.9. The highest BCUT2D eigenvalue weighted by Gasteiger charge is 2.54. The number of nitrogens with zero attached hydrogens (tertiary/aromatic N) is 3. The average Bonchev–Trinajstić information content (AvgIpc) is 3.50. The monoisotopic (exact) mass is 391 g/mol. The van der Waals surface area contributed by atoms with E-state index in [0.717, 1.165) is 0 Å². The standard InChI is InChI=1S/C21H18FN5O2/c1-11-15-7-14(22)3-4-16(15)27-19(28)18(11)21(5-6-21)20(29)26-12(2)13-9-24-17(8-23)25-10-13/h3-4,7,9-10,12H,5-6H2,1-2H3,(H,26,29)(H,27,28)/t12-/m0/s1. The van der Waals surface area contributed by atoms with E-state index in [1.54, 1.807) is 13.8 Å². The molecule has 4 rings (SSSR count). The van der Waals surface area contributed by atoms with Crippen molar-refractivity contribution in [3.8, 4) is 6.07 Å². The summed E-state index contributed by atoms with van der Waals surface area (Å²) in [5.74, 6) is -0.613. The average molecular weight is 391 g/mol. The second kappa shape index (κ2) is 6.78. The maximum atomic E-state index is 13.7. The van der Waals surface area contributed by atoms with Gasteiger partial charge >= 0.3 is 0 Å². The molecule has 1 saturated carbocycles. The van der Waals surface area contributed by atoms with Crippen molar-refractivity contribution >= 4 is 16.8 Å². The molecule has 2 N–H and O–H groups in total. The minimum absolute atomic E-state index is 0.0523. The lowest BCUT2D eigenvalue weighted by Crippen LogP contribution is -2.40. The Hall–Kier alpha value is -3.60. The molecule has 0 radical (unpaired) electrons. The van der Waals surface area contributed by atoms with Crippen molar-refractivity contribution in [2.45, 2.75) is 38.1 Å². The molecule has 0 bridgehead atoms. The molecule has 0 unspecified atom stereocenters. The summed E-state index contributed by atoms with van der Waals surface area (Å²) in [7, 11) is 0. The third-order valence-corrected chi connectivity index (χ3v) is 5.52. The van der Waals surface area contributed by atoms with Crippen molar-refractivity contribution in [2.75, 3.05) is 0 Å². The number of nitriles is 1. The molecule has 0 saturated heterocycles. The summed E-state index contributed by atoms with van der Waals surface area (Å²) in [6.07, 6.45) is 4.07. The van der Waals surface area contributed by atoms with Gasteiger partial charge in [0.25, 0.3) is 5.56 Å². The molecule has 2 aromatic heterocycles. The lowest BCUT2D eigenvalue weighted by Gasteiger charge is -2.21. The smallest absolute Gasteiger partial charge is 0.252 e. The molecular weight excluding hydrogens is 373 g/mol. The van der Waals surface area contributed by atoms with Crippen LogP contribution in [-0.2, 0) is 10.2 Å². The molecule has 2 heterocycles. The summed E-state index contributed by atoms with van der Waals surface area (Å²) in [4.78, 5) is 36.5. The van der Waals surface area contributed by atoms with Gasteiger partial charge in [-0.25, -0.2) is 14.4 Å². The fraction of sp³-hybridized carbons (Fsp3) is 0.286. The van der Waals surface area contributed by atoms with Gasteiger partial charge in [0.1, 0.15) is 11.9 Å². The van der Waals surface area contributed by atoms with Gasteiger partial charge < -0.3 is 10.3 Å². The maximum Gasteiger partial charge on any atom is 0.252 e. The third kappa shape index (κ3) is 3.14. The van der Waals surface area contributed by atoms with Crippen LogP contribution in [0.4, 0.5) is 4.39 Å². The molecule has 1 aliphatic carbocycles. The number of rotatable bonds is 4. The topological polar surface area (TPSA) is 112 Å². The van der Waals surface area contributed by atoms with Gasteiger partial charge in [-0.3, -0.25) is 9.59 Å². The van der Waals surface area contributed by atoms with E-state index in [4.69, 9.17) is 5.26 Å². The number of fused-ring (bicyclic) bond motifs is 1. The minimum Gasteiger partial charge on any atom is -0.349 e. The normalized spacial score (nSPS) is 15.5. The van der Waals surface area contributed by atoms with Crippen molar-refractivity contribution in [2.24, 2.45) is 0 Å². The van der Waals surface area contributed by atoms with Crippen LogP contribution >= 0.6 is 0 Å². The molecule has 1 aliphatic rings. The zero-order valence-electron chi connectivity index (χ0n) is 15.9. The molecule has 1 fully saturated rings. The van der Waals surface area contributed by atoms with Crippen LogP contribution in [-0.4, -0.2) is 20.9 Å². The Labute approximate surface area is 165 Å². The minimum atomic E-state index is -0.931. The van der Waals surface area contributed by atoms with Crippen molar-refractivity contribution in [3.63, 3.8) is 0 Å². The number of halogens is 1. The molecule has 1 atom stereocenters. The molecular formula is C21H18FN5O2. The first kappa shape index (κ1) is 18.7. The van der Waals surface area contributed by atoms with E-state index >= 15 is 0 Å². The Kier molecular flexibility index (Phi) is 4.38. The first-order valence-electron chi connectivity index (χ1n) is 9.21. The summed E-state index contributed by atoms with van der Waals surface area (Å²) in [6, 6.07) is 5.63. The lowest BCUT2D eigenvalue weighted by atomic mass is 9.90. The lowest BCUT2D eigenvalue weighted by molar-refractivity contribution is -0.124. The van der Waals surface area contributed by atoms with Crippen LogP contribution in [0.25, 0.3) is 10.9 Å². The van der Waals surface area contributed by atoms with Crippen LogP contribution in [0.3, 0.4) is 0 Å². The first-order valence-corrected chi connectivity index (χ1v) is 9.21. The fourth-order valence-corrected chi connectivity index (χ4v) is 3.75. The maximum absolute atomic E-state index is 13.7. The Bertz CT molecular complexity index is 1220. The largest absolute Gasteiger partial charge is 0.349 e. The molecule has 3 aromatic rings. The van der Waals surface area contributed by atoms with Gasteiger partial charge in [-0.2, -0.15) is 5.26 Å². The van der Waals surface area contributed by atoms with Gasteiger partial charge in [0, 0.05) is 34.4 Å². The van der Waals surface area contributed by atoms with E-state index in [2.05, 4.69) is 20.3 Å². The number of hydrogen-bond donors (Lipinski definition) is 2. The molecule has 1 amide bonds. The first-order chi connectivity index (χ1) is 13.9. The molecule has 0 aliphatic heterocycles. The number of amides is 1. The highest BCUT2D eigenvalue weighted by Crippen LogP contribution is 2.49. The van der Waals surface area contributed by atoms with Gasteiger partial charge in [0.15, 0.2) is 0 Å². The van der Waals surface area contributed by atoms with Crippen LogP contribution in [0.15, 0.2) is 35.4 Å². The van der Waals surface area contributed by atoms with E-state index in [1.807, 2.05) is 6.07 Å². The van der Waals surface area contributed by atoms with Crippen LogP contribution in [0.5, 0.6) is 0 Å². The summed E-state index contributed by atoms with van der Waals surface area (Å²) in [5, 5.41) is 12.3. The Morgan fingerprint density at radius 3 is 2.66 bits per heavy atom. The van der Waals surface area contributed by atoms with Crippen LogP contribution in [0, 0.1) is 24.1 Å². The number of carbonyl (C=O) groups is 1. The van der Waals surface area contributed by atoms with E-state index in [-0.39, 0.29) is 17.3 Å².